The molecule has 0 aliphatic carbocycles. The molecule has 0 aliphatic rings. The maximum absolute atomic E-state index is 9.07. The largest absolute Gasteiger partial charge is 0.397 e. The van der Waals surface area contributed by atoms with Crippen LogP contribution in [-0.4, -0.2) is 0 Å². The zero-order chi connectivity index (χ0) is 13.3. The van der Waals surface area contributed by atoms with Crippen molar-refractivity contribution in [2.24, 2.45) is 0 Å². The summed E-state index contributed by atoms with van der Waals surface area (Å²) < 4.78 is 0. The summed E-state index contributed by atoms with van der Waals surface area (Å²) in [4.78, 5) is 1.68. The molecular weight excluding hydrogens is 264 g/mol. The van der Waals surface area contributed by atoms with Crippen molar-refractivity contribution in [1.29, 1.82) is 5.26 Å². The maximum Gasteiger partial charge on any atom is 0.128 e. The van der Waals surface area contributed by atoms with E-state index in [9.17, 15) is 0 Å². The van der Waals surface area contributed by atoms with Gasteiger partial charge in [-0.05, 0) is 42.2 Å². The van der Waals surface area contributed by atoms with Gasteiger partial charge in [0.1, 0.15) is 10.9 Å². The lowest BCUT2D eigenvalue weighted by atomic mass is 10.0. The fourth-order valence-electron chi connectivity index (χ4n) is 2.01. The standard InChI is InChI=1S/C14H13ClN2S/c1-3-10-13(17)12(7-16)18-14(10)11-5-4-9(15)6-8(11)2/h4-6H,3,17H2,1-2H3. The van der Waals surface area contributed by atoms with Crippen molar-refractivity contribution in [2.75, 3.05) is 5.73 Å². The number of benzene rings is 1. The predicted molar refractivity (Wildman–Crippen MR) is 78.0 cm³/mol. The van der Waals surface area contributed by atoms with Gasteiger partial charge in [0, 0.05) is 9.90 Å². The van der Waals surface area contributed by atoms with Gasteiger partial charge in [-0.15, -0.1) is 11.3 Å². The molecule has 4 heteroatoms. The first-order valence-electron chi connectivity index (χ1n) is 5.66. The van der Waals surface area contributed by atoms with Crippen LogP contribution in [0.2, 0.25) is 5.02 Å². The molecule has 0 aliphatic heterocycles. The number of thiophene rings is 1. The van der Waals surface area contributed by atoms with Gasteiger partial charge < -0.3 is 5.73 Å². The normalized spacial score (nSPS) is 10.3. The summed E-state index contributed by atoms with van der Waals surface area (Å²) >= 11 is 7.42. The van der Waals surface area contributed by atoms with E-state index < -0.39 is 0 Å². The van der Waals surface area contributed by atoms with Crippen molar-refractivity contribution in [1.82, 2.24) is 0 Å². The van der Waals surface area contributed by atoms with Gasteiger partial charge in [-0.3, -0.25) is 0 Å². The molecule has 1 heterocycles. The number of hydrogen-bond donors (Lipinski definition) is 1. The number of nitrogens with two attached hydrogens (primary N) is 1. The van der Waals surface area contributed by atoms with Crippen LogP contribution in [0.25, 0.3) is 10.4 Å². The van der Waals surface area contributed by atoms with E-state index in [0.29, 0.717) is 10.6 Å². The number of halogens is 1. The Bertz CT molecular complexity index is 638. The molecule has 0 fully saturated rings. The summed E-state index contributed by atoms with van der Waals surface area (Å²) in [6.07, 6.45) is 0.821. The quantitative estimate of drug-likeness (QED) is 0.884. The molecule has 0 unspecified atom stereocenters. The predicted octanol–water partition coefficient (Wildman–Crippen LogP) is 4.39. The number of anilines is 1. The second-order valence-corrected chi connectivity index (χ2v) is 5.53. The first-order valence-corrected chi connectivity index (χ1v) is 6.85. The van der Waals surface area contributed by atoms with Crippen LogP contribution in [0.3, 0.4) is 0 Å². The van der Waals surface area contributed by atoms with Gasteiger partial charge in [0.05, 0.1) is 5.69 Å². The van der Waals surface area contributed by atoms with E-state index in [0.717, 1.165) is 33.0 Å². The zero-order valence-electron chi connectivity index (χ0n) is 10.2. The molecule has 0 radical (unpaired) electrons. The van der Waals surface area contributed by atoms with Crippen molar-refractivity contribution in [3.8, 4) is 16.5 Å². The van der Waals surface area contributed by atoms with Gasteiger partial charge >= 0.3 is 0 Å². The van der Waals surface area contributed by atoms with Crippen molar-refractivity contribution < 1.29 is 0 Å². The topological polar surface area (TPSA) is 49.8 Å². The monoisotopic (exact) mass is 276 g/mol. The van der Waals surface area contributed by atoms with E-state index in [-0.39, 0.29) is 0 Å². The third-order valence-corrected chi connectivity index (χ3v) is 4.36. The fraction of sp³-hybridized carbons (Fsp3) is 0.214. The molecule has 1 aromatic heterocycles. The molecule has 0 bridgehead atoms. The van der Waals surface area contributed by atoms with E-state index >= 15 is 0 Å². The first-order chi connectivity index (χ1) is 8.58. The Balaban J connectivity index is 2.68. The SMILES string of the molecule is CCc1c(-c2ccc(Cl)cc2C)sc(C#N)c1N. The number of rotatable bonds is 2. The molecular formula is C14H13ClN2S. The lowest BCUT2D eigenvalue weighted by molar-refractivity contribution is 1.16. The van der Waals surface area contributed by atoms with E-state index in [4.69, 9.17) is 22.6 Å². The van der Waals surface area contributed by atoms with E-state index in [2.05, 4.69) is 6.07 Å². The third kappa shape index (κ3) is 2.10. The third-order valence-electron chi connectivity index (χ3n) is 2.94. The average Bonchev–Trinajstić information content (AvgIpc) is 2.65. The Kier molecular flexibility index (Phi) is 3.60. The summed E-state index contributed by atoms with van der Waals surface area (Å²) in [7, 11) is 0. The molecule has 18 heavy (non-hydrogen) atoms. The van der Waals surface area contributed by atoms with Crippen LogP contribution in [0.5, 0.6) is 0 Å². The second kappa shape index (κ2) is 5.01. The smallest absolute Gasteiger partial charge is 0.128 e. The highest BCUT2D eigenvalue weighted by Gasteiger charge is 2.17. The van der Waals surface area contributed by atoms with Gasteiger partial charge in [0.25, 0.3) is 0 Å². The van der Waals surface area contributed by atoms with Gasteiger partial charge in [0.2, 0.25) is 0 Å². The van der Waals surface area contributed by atoms with Crippen LogP contribution in [0.15, 0.2) is 18.2 Å². The number of aryl methyl sites for hydroxylation is 1. The Morgan fingerprint density at radius 1 is 1.44 bits per heavy atom. The van der Waals surface area contributed by atoms with Crippen LogP contribution in [0, 0.1) is 18.3 Å². The molecule has 2 N–H and O–H groups in total. The molecule has 2 nitrogen and oxygen atoms in total. The maximum atomic E-state index is 9.07. The lowest BCUT2D eigenvalue weighted by Gasteiger charge is -2.06. The Hall–Kier alpha value is -1.50. The Morgan fingerprint density at radius 3 is 2.72 bits per heavy atom. The van der Waals surface area contributed by atoms with Gasteiger partial charge in [-0.1, -0.05) is 24.6 Å². The molecule has 2 aromatic rings. The van der Waals surface area contributed by atoms with Crippen molar-refractivity contribution >= 4 is 28.6 Å². The van der Waals surface area contributed by atoms with Crippen LogP contribution < -0.4 is 5.73 Å². The van der Waals surface area contributed by atoms with E-state index in [1.807, 2.05) is 32.0 Å². The molecule has 0 saturated carbocycles. The summed E-state index contributed by atoms with van der Waals surface area (Å²) in [5.41, 5.74) is 9.89. The van der Waals surface area contributed by atoms with Gasteiger partial charge in [-0.25, -0.2) is 0 Å². The zero-order valence-corrected chi connectivity index (χ0v) is 11.8. The van der Waals surface area contributed by atoms with Crippen molar-refractivity contribution in [3.63, 3.8) is 0 Å². The molecule has 2 rings (SSSR count). The van der Waals surface area contributed by atoms with Gasteiger partial charge in [0.15, 0.2) is 0 Å². The highest BCUT2D eigenvalue weighted by atomic mass is 35.5. The highest BCUT2D eigenvalue weighted by Crippen LogP contribution is 2.40. The number of nitrogen functional groups attached to an aromatic ring is 1. The number of nitrogens with zero attached hydrogens (tertiary/aromatic N) is 1. The van der Waals surface area contributed by atoms with Crippen LogP contribution in [0.1, 0.15) is 22.9 Å². The van der Waals surface area contributed by atoms with Crippen LogP contribution in [-0.2, 0) is 6.42 Å². The van der Waals surface area contributed by atoms with E-state index in [1.165, 1.54) is 11.3 Å². The summed E-state index contributed by atoms with van der Waals surface area (Å²) in [5, 5.41) is 9.79. The molecule has 0 atom stereocenters. The summed E-state index contributed by atoms with van der Waals surface area (Å²) in [5.74, 6) is 0. The minimum absolute atomic E-state index is 0.594. The Morgan fingerprint density at radius 2 is 2.17 bits per heavy atom. The highest BCUT2D eigenvalue weighted by molar-refractivity contribution is 7.16. The molecule has 1 aromatic carbocycles. The second-order valence-electron chi connectivity index (χ2n) is 4.08. The Labute approximate surface area is 116 Å². The van der Waals surface area contributed by atoms with Gasteiger partial charge in [-0.2, -0.15) is 5.26 Å². The molecule has 0 amide bonds. The number of nitriles is 1. The van der Waals surface area contributed by atoms with E-state index in [1.54, 1.807) is 0 Å². The number of hydrogen-bond acceptors (Lipinski definition) is 3. The lowest BCUT2D eigenvalue weighted by Crippen LogP contribution is -1.92. The summed E-state index contributed by atoms with van der Waals surface area (Å²) in [6, 6.07) is 7.94. The summed E-state index contributed by atoms with van der Waals surface area (Å²) in [6.45, 7) is 4.07. The average molecular weight is 277 g/mol. The minimum atomic E-state index is 0.594. The van der Waals surface area contributed by atoms with Crippen LogP contribution >= 0.6 is 22.9 Å². The first kappa shape index (κ1) is 12.9. The van der Waals surface area contributed by atoms with Crippen molar-refractivity contribution in [2.45, 2.75) is 20.3 Å². The molecule has 0 spiro atoms. The fourth-order valence-corrected chi connectivity index (χ4v) is 3.44. The van der Waals surface area contributed by atoms with Crippen molar-refractivity contribution in [3.05, 3.63) is 39.2 Å². The molecule has 92 valence electrons. The minimum Gasteiger partial charge on any atom is -0.397 e. The molecule has 0 saturated heterocycles. The van der Waals surface area contributed by atoms with Crippen LogP contribution in [0.4, 0.5) is 5.69 Å².